The predicted molar refractivity (Wildman–Crippen MR) is 145 cm³/mol. The van der Waals surface area contributed by atoms with E-state index in [0.717, 1.165) is 64.9 Å². The highest BCUT2D eigenvalue weighted by molar-refractivity contribution is 7.92. The minimum absolute atomic E-state index is 0.166. The van der Waals surface area contributed by atoms with Gasteiger partial charge in [-0.25, -0.2) is 22.9 Å². The minimum Gasteiger partial charge on any atom is -0.477 e. The van der Waals surface area contributed by atoms with Crippen molar-refractivity contribution in [3.05, 3.63) is 58.1 Å². The molecule has 0 saturated carbocycles. The molecule has 0 bridgehead atoms. The monoisotopic (exact) mass is 554 g/mol. The molecule has 0 atom stereocenters. The molecule has 200 valence electrons. The van der Waals surface area contributed by atoms with E-state index < -0.39 is 16.1 Å². The van der Waals surface area contributed by atoms with Crippen LogP contribution in [0, 0.1) is 5.92 Å². The Morgan fingerprint density at radius 1 is 1.18 bits per heavy atom. The molecule has 9 nitrogen and oxygen atoms in total. The third kappa shape index (κ3) is 5.15. The highest BCUT2D eigenvalue weighted by Crippen LogP contribution is 2.38. The predicted octanol–water partition coefficient (Wildman–Crippen LogP) is 3.82. The van der Waals surface area contributed by atoms with Crippen LogP contribution in [-0.4, -0.2) is 57.7 Å². The smallest absolute Gasteiger partial charge is 0.333 e. The Morgan fingerprint density at radius 3 is 2.87 bits per heavy atom. The van der Waals surface area contributed by atoms with Gasteiger partial charge in [0.05, 0.1) is 25.5 Å². The first kappa shape index (κ1) is 25.3. The number of urea groups is 1. The fourth-order valence-electron chi connectivity index (χ4n) is 5.18. The zero-order valence-electron chi connectivity index (χ0n) is 21.2. The number of fused-ring (bicyclic) bond motifs is 2. The molecule has 1 aliphatic carbocycles. The maximum Gasteiger partial charge on any atom is 0.333 e. The minimum atomic E-state index is -4.00. The standard InChI is InChI=1S/C27H30N4O5S2/c1-31-10-8-23-20(13-31)12-25(37-23)38(33,34)30-27(32)29-26-21-4-2-3-18(21)5-6-22(26)19-7-9-28-24(11-19)36-16-17-14-35-15-17/h5-7,9,11-12,17H,2-4,8,10,13-16H2,1H3,(H2,29,30,32). The molecule has 4 heterocycles. The summed E-state index contributed by atoms with van der Waals surface area (Å²) in [5.41, 5.74) is 5.47. The lowest BCUT2D eigenvalue weighted by atomic mass is 9.98. The maximum atomic E-state index is 13.1. The molecule has 2 aromatic heterocycles. The van der Waals surface area contributed by atoms with Crippen molar-refractivity contribution >= 4 is 33.1 Å². The summed E-state index contributed by atoms with van der Waals surface area (Å²) in [6.07, 6.45) is 5.21. The SMILES string of the molecule is CN1CCc2sc(S(=O)(=O)NC(=O)Nc3c(-c4ccnc(OCC5COC5)c4)ccc4c3CCC4)cc2C1. The number of likely N-dealkylation sites (N-methyl/N-ethyl adjacent to an activating group) is 1. The molecule has 6 rings (SSSR count). The van der Waals surface area contributed by atoms with E-state index in [4.69, 9.17) is 9.47 Å². The van der Waals surface area contributed by atoms with Crippen LogP contribution in [-0.2, 0) is 40.6 Å². The fraction of sp³-hybridized carbons (Fsp3) is 0.407. The molecular weight excluding hydrogens is 524 g/mol. The van der Waals surface area contributed by atoms with Crippen molar-refractivity contribution in [1.82, 2.24) is 14.6 Å². The summed E-state index contributed by atoms with van der Waals surface area (Å²) in [7, 11) is -1.99. The second kappa shape index (κ2) is 10.3. The highest BCUT2D eigenvalue weighted by atomic mass is 32.2. The van der Waals surface area contributed by atoms with Gasteiger partial charge in [-0.05, 0) is 67.1 Å². The number of hydrogen-bond acceptors (Lipinski definition) is 8. The van der Waals surface area contributed by atoms with Crippen molar-refractivity contribution in [2.24, 2.45) is 5.92 Å². The number of nitrogens with zero attached hydrogens (tertiary/aromatic N) is 2. The molecular formula is C27H30N4O5S2. The van der Waals surface area contributed by atoms with E-state index in [1.165, 1.54) is 11.3 Å². The fourth-order valence-corrected chi connectivity index (χ4v) is 7.63. The van der Waals surface area contributed by atoms with Crippen molar-refractivity contribution in [3.8, 4) is 17.0 Å². The average Bonchev–Trinajstić information content (AvgIpc) is 3.50. The number of pyridine rings is 1. The molecule has 2 aliphatic heterocycles. The number of ether oxygens (including phenoxy) is 2. The average molecular weight is 555 g/mol. The number of amides is 2. The quantitative estimate of drug-likeness (QED) is 0.457. The number of sulfonamides is 1. The molecule has 2 N–H and O–H groups in total. The van der Waals surface area contributed by atoms with E-state index >= 15 is 0 Å². The molecule has 38 heavy (non-hydrogen) atoms. The topological polar surface area (TPSA) is 110 Å². The number of thiophene rings is 1. The summed E-state index contributed by atoms with van der Waals surface area (Å²) in [4.78, 5) is 20.7. The number of hydrogen-bond donors (Lipinski definition) is 2. The van der Waals surface area contributed by atoms with Crippen molar-refractivity contribution in [2.45, 2.75) is 36.4 Å². The Balaban J connectivity index is 1.24. The number of benzene rings is 1. The molecule has 3 aromatic rings. The molecule has 1 aromatic carbocycles. The van der Waals surface area contributed by atoms with Gasteiger partial charge in [0.25, 0.3) is 10.0 Å². The molecule has 0 spiro atoms. The van der Waals surface area contributed by atoms with Gasteiger partial charge in [-0.2, -0.15) is 0 Å². The molecule has 1 fully saturated rings. The number of nitrogens with one attached hydrogen (secondary N) is 2. The first-order valence-corrected chi connectivity index (χ1v) is 15.1. The summed E-state index contributed by atoms with van der Waals surface area (Å²) in [6.45, 7) is 3.52. The Morgan fingerprint density at radius 2 is 2.05 bits per heavy atom. The summed E-state index contributed by atoms with van der Waals surface area (Å²) in [5.74, 6) is 0.873. The van der Waals surface area contributed by atoms with Gasteiger partial charge in [0.1, 0.15) is 4.21 Å². The largest absolute Gasteiger partial charge is 0.477 e. The van der Waals surface area contributed by atoms with Crippen molar-refractivity contribution < 1.29 is 22.7 Å². The van der Waals surface area contributed by atoms with Crippen LogP contribution in [0.3, 0.4) is 0 Å². The maximum absolute atomic E-state index is 13.1. The Hall–Kier alpha value is -2.99. The molecule has 1 saturated heterocycles. The Labute approximate surface area is 226 Å². The number of anilines is 1. The third-order valence-corrected chi connectivity index (χ3v) is 10.3. The van der Waals surface area contributed by atoms with Crippen LogP contribution >= 0.6 is 11.3 Å². The summed E-state index contributed by atoms with van der Waals surface area (Å²) in [5, 5.41) is 2.88. The lowest BCUT2D eigenvalue weighted by Gasteiger charge is -2.25. The number of carbonyl (C=O) groups is 1. The summed E-state index contributed by atoms with van der Waals surface area (Å²) < 4.78 is 39.7. The molecule has 3 aliphatic rings. The summed E-state index contributed by atoms with van der Waals surface area (Å²) >= 11 is 1.24. The van der Waals surface area contributed by atoms with E-state index in [1.54, 1.807) is 12.3 Å². The molecule has 2 amide bonds. The van der Waals surface area contributed by atoms with Gasteiger partial charge in [-0.1, -0.05) is 12.1 Å². The van der Waals surface area contributed by atoms with Gasteiger partial charge >= 0.3 is 6.03 Å². The molecule has 0 unspecified atom stereocenters. The molecule has 0 radical (unpaired) electrons. The second-order valence-electron chi connectivity index (χ2n) is 10.1. The van der Waals surface area contributed by atoms with E-state index in [-0.39, 0.29) is 4.21 Å². The zero-order chi connectivity index (χ0) is 26.3. The number of carbonyl (C=O) groups excluding carboxylic acids is 1. The van der Waals surface area contributed by atoms with Crippen molar-refractivity contribution in [3.63, 3.8) is 0 Å². The van der Waals surface area contributed by atoms with E-state index in [1.807, 2.05) is 25.2 Å². The Kier molecular flexibility index (Phi) is 6.85. The second-order valence-corrected chi connectivity index (χ2v) is 13.2. The Bertz CT molecular complexity index is 1480. The number of rotatable bonds is 7. The van der Waals surface area contributed by atoms with Gasteiger partial charge < -0.3 is 19.7 Å². The van der Waals surface area contributed by atoms with Gasteiger partial charge in [-0.3, -0.25) is 0 Å². The van der Waals surface area contributed by atoms with E-state index in [2.05, 4.69) is 26.0 Å². The highest BCUT2D eigenvalue weighted by Gasteiger charge is 2.27. The van der Waals surface area contributed by atoms with Crippen LogP contribution < -0.4 is 14.8 Å². The van der Waals surface area contributed by atoms with Crippen molar-refractivity contribution in [2.75, 3.05) is 38.7 Å². The first-order chi connectivity index (χ1) is 18.4. The van der Waals surface area contributed by atoms with E-state index in [0.29, 0.717) is 43.9 Å². The zero-order valence-corrected chi connectivity index (χ0v) is 22.8. The van der Waals surface area contributed by atoms with Gasteiger partial charge in [0.2, 0.25) is 5.88 Å². The van der Waals surface area contributed by atoms with Gasteiger partial charge in [0, 0.05) is 41.7 Å². The summed E-state index contributed by atoms with van der Waals surface area (Å²) in [6, 6.07) is 8.68. The van der Waals surface area contributed by atoms with Crippen LogP contribution in [0.1, 0.15) is 28.0 Å². The van der Waals surface area contributed by atoms with Crippen LogP contribution in [0.5, 0.6) is 5.88 Å². The van der Waals surface area contributed by atoms with Crippen LogP contribution in [0.2, 0.25) is 0 Å². The van der Waals surface area contributed by atoms with Gasteiger partial charge in [0.15, 0.2) is 0 Å². The number of aryl methyl sites for hydroxylation is 1. The molecule has 11 heteroatoms. The van der Waals surface area contributed by atoms with Crippen molar-refractivity contribution in [1.29, 1.82) is 0 Å². The first-order valence-electron chi connectivity index (χ1n) is 12.8. The normalized spacial score (nSPS) is 17.4. The number of aromatic nitrogens is 1. The third-order valence-electron chi connectivity index (χ3n) is 7.27. The lowest BCUT2D eigenvalue weighted by Crippen LogP contribution is -2.34. The van der Waals surface area contributed by atoms with E-state index in [9.17, 15) is 13.2 Å². The van der Waals surface area contributed by atoms with Crippen LogP contribution in [0.25, 0.3) is 11.1 Å². The van der Waals surface area contributed by atoms with Gasteiger partial charge in [-0.15, -0.1) is 11.3 Å². The lowest BCUT2D eigenvalue weighted by molar-refractivity contribution is -0.0514. The van der Waals surface area contributed by atoms with Crippen LogP contribution in [0.4, 0.5) is 10.5 Å². The van der Waals surface area contributed by atoms with Crippen LogP contribution in [0.15, 0.2) is 40.7 Å².